The zero-order chi connectivity index (χ0) is 13.7. The van der Waals surface area contributed by atoms with Crippen LogP contribution >= 0.6 is 12.4 Å². The molecule has 1 atom stereocenters. The van der Waals surface area contributed by atoms with Crippen molar-refractivity contribution in [2.45, 2.75) is 26.3 Å². The number of halogens is 2. The summed E-state index contributed by atoms with van der Waals surface area (Å²) in [5.41, 5.74) is 5.96. The Morgan fingerprint density at radius 2 is 2.00 bits per heavy atom. The predicted molar refractivity (Wildman–Crippen MR) is 74.8 cm³/mol. The molecule has 0 aromatic heterocycles. The summed E-state index contributed by atoms with van der Waals surface area (Å²) in [4.78, 5) is 22.4. The van der Waals surface area contributed by atoms with E-state index in [4.69, 9.17) is 5.73 Å². The Morgan fingerprint density at radius 1 is 1.37 bits per heavy atom. The highest BCUT2D eigenvalue weighted by Gasteiger charge is 2.12. The zero-order valence-corrected chi connectivity index (χ0v) is 11.5. The molecule has 106 valence electrons. The fourth-order valence-electron chi connectivity index (χ4n) is 1.31. The highest BCUT2D eigenvalue weighted by atomic mass is 35.5. The predicted octanol–water partition coefficient (Wildman–Crippen LogP) is 1.88. The van der Waals surface area contributed by atoms with Crippen LogP contribution in [0.25, 0.3) is 0 Å². The molecule has 5 nitrogen and oxygen atoms in total. The summed E-state index contributed by atoms with van der Waals surface area (Å²) in [6, 6.07) is 3.30. The molecule has 0 aliphatic rings. The van der Waals surface area contributed by atoms with Crippen molar-refractivity contribution in [3.63, 3.8) is 0 Å². The first-order valence-corrected chi connectivity index (χ1v) is 5.57. The van der Waals surface area contributed by atoms with Gasteiger partial charge in [-0.3, -0.25) is 9.59 Å². The molecule has 0 unspecified atom stereocenters. The molecule has 19 heavy (non-hydrogen) atoms. The maximum absolute atomic E-state index is 13.3. The molecule has 0 radical (unpaired) electrons. The zero-order valence-electron chi connectivity index (χ0n) is 10.7. The lowest BCUT2D eigenvalue weighted by Gasteiger charge is -2.11. The molecular formula is C12H17ClFN3O2. The van der Waals surface area contributed by atoms with Crippen molar-refractivity contribution in [3.8, 4) is 0 Å². The lowest BCUT2D eigenvalue weighted by molar-refractivity contribution is -0.117. The summed E-state index contributed by atoms with van der Waals surface area (Å²) in [5.74, 6) is -1.30. The van der Waals surface area contributed by atoms with Gasteiger partial charge in [0.05, 0.1) is 11.7 Å². The molecule has 7 heteroatoms. The van der Waals surface area contributed by atoms with Crippen molar-refractivity contribution >= 4 is 35.6 Å². The Kier molecular flexibility index (Phi) is 7.03. The summed E-state index contributed by atoms with van der Waals surface area (Å²) in [7, 11) is 0. The number of carbonyl (C=O) groups is 2. The van der Waals surface area contributed by atoms with Crippen LogP contribution < -0.4 is 16.4 Å². The van der Waals surface area contributed by atoms with Gasteiger partial charge < -0.3 is 16.4 Å². The quantitative estimate of drug-likeness (QED) is 0.791. The van der Waals surface area contributed by atoms with Gasteiger partial charge in [0.2, 0.25) is 11.8 Å². The van der Waals surface area contributed by atoms with E-state index in [1.54, 1.807) is 6.92 Å². The van der Waals surface area contributed by atoms with Crippen molar-refractivity contribution in [2.24, 2.45) is 5.73 Å². The smallest absolute Gasteiger partial charge is 0.241 e. The average molecular weight is 290 g/mol. The van der Waals surface area contributed by atoms with Crippen LogP contribution in [0.15, 0.2) is 18.2 Å². The first kappa shape index (κ1) is 17.3. The summed E-state index contributed by atoms with van der Waals surface area (Å²) >= 11 is 0. The fourth-order valence-corrected chi connectivity index (χ4v) is 1.31. The highest BCUT2D eigenvalue weighted by Crippen LogP contribution is 2.19. The molecule has 0 aliphatic heterocycles. The monoisotopic (exact) mass is 289 g/mol. The lowest BCUT2D eigenvalue weighted by atomic mass is 10.2. The van der Waals surface area contributed by atoms with E-state index in [-0.39, 0.29) is 29.9 Å². The molecule has 2 amide bonds. The van der Waals surface area contributed by atoms with E-state index in [9.17, 15) is 14.0 Å². The van der Waals surface area contributed by atoms with Gasteiger partial charge in [-0.05, 0) is 24.6 Å². The van der Waals surface area contributed by atoms with Crippen molar-refractivity contribution in [1.29, 1.82) is 0 Å². The molecule has 1 aromatic carbocycles. The molecule has 0 fully saturated rings. The summed E-state index contributed by atoms with van der Waals surface area (Å²) < 4.78 is 13.3. The van der Waals surface area contributed by atoms with E-state index in [2.05, 4.69) is 10.6 Å². The number of rotatable bonds is 4. The SMILES string of the molecule is CC[C@H](N)C(=O)Nc1ccc(F)c(NC(C)=O)c1.Cl. The second kappa shape index (κ2) is 7.70. The molecule has 0 saturated carbocycles. The van der Waals surface area contributed by atoms with E-state index >= 15 is 0 Å². The maximum Gasteiger partial charge on any atom is 0.241 e. The van der Waals surface area contributed by atoms with Crippen molar-refractivity contribution in [2.75, 3.05) is 10.6 Å². The van der Waals surface area contributed by atoms with Crippen LogP contribution in [0, 0.1) is 5.82 Å². The van der Waals surface area contributed by atoms with Gasteiger partial charge in [-0.1, -0.05) is 6.92 Å². The van der Waals surface area contributed by atoms with Crippen molar-refractivity contribution < 1.29 is 14.0 Å². The third-order valence-electron chi connectivity index (χ3n) is 2.32. The molecule has 4 N–H and O–H groups in total. The Bertz CT molecular complexity index is 468. The third kappa shape index (κ3) is 5.23. The third-order valence-corrected chi connectivity index (χ3v) is 2.32. The number of nitrogens with two attached hydrogens (primary N) is 1. The molecule has 0 saturated heterocycles. The summed E-state index contributed by atoms with van der Waals surface area (Å²) in [6.45, 7) is 3.06. The van der Waals surface area contributed by atoms with Gasteiger partial charge in [0.25, 0.3) is 0 Å². The van der Waals surface area contributed by atoms with Crippen molar-refractivity contribution in [3.05, 3.63) is 24.0 Å². The largest absolute Gasteiger partial charge is 0.325 e. The van der Waals surface area contributed by atoms with Gasteiger partial charge in [0.15, 0.2) is 0 Å². The number of hydrogen-bond acceptors (Lipinski definition) is 3. The van der Waals surface area contributed by atoms with Crippen molar-refractivity contribution in [1.82, 2.24) is 0 Å². The van der Waals surface area contributed by atoms with E-state index in [1.807, 2.05) is 0 Å². The first-order chi connectivity index (χ1) is 8.43. The molecular weight excluding hydrogens is 273 g/mol. The topological polar surface area (TPSA) is 84.2 Å². The standard InChI is InChI=1S/C12H16FN3O2.ClH/c1-3-10(14)12(18)16-8-4-5-9(13)11(6-8)15-7(2)17;/h4-6,10H,3,14H2,1-2H3,(H,15,17)(H,16,18);1H/t10-;/m0./s1. The molecule has 1 aromatic rings. The van der Waals surface area contributed by atoms with Crippen LogP contribution in [-0.2, 0) is 9.59 Å². The van der Waals surface area contributed by atoms with Gasteiger partial charge in [0, 0.05) is 12.6 Å². The van der Waals surface area contributed by atoms with E-state index in [0.29, 0.717) is 12.1 Å². The molecule has 0 bridgehead atoms. The molecule has 1 rings (SSSR count). The Balaban J connectivity index is 0.00000324. The first-order valence-electron chi connectivity index (χ1n) is 5.57. The lowest BCUT2D eigenvalue weighted by Crippen LogP contribution is -2.34. The summed E-state index contributed by atoms with van der Waals surface area (Å²) in [5, 5.41) is 4.88. The van der Waals surface area contributed by atoms with Gasteiger partial charge in [0.1, 0.15) is 5.82 Å². The van der Waals surface area contributed by atoms with Gasteiger partial charge in [-0.2, -0.15) is 0 Å². The minimum atomic E-state index is -0.612. The number of nitrogens with one attached hydrogen (secondary N) is 2. The fraction of sp³-hybridized carbons (Fsp3) is 0.333. The van der Waals surface area contributed by atoms with Crippen LogP contribution in [0.1, 0.15) is 20.3 Å². The number of hydrogen-bond donors (Lipinski definition) is 3. The van der Waals surface area contributed by atoms with E-state index < -0.39 is 11.9 Å². The Hall–Kier alpha value is -1.66. The second-order valence-corrected chi connectivity index (χ2v) is 3.88. The highest BCUT2D eigenvalue weighted by molar-refractivity contribution is 5.96. The Morgan fingerprint density at radius 3 is 2.53 bits per heavy atom. The van der Waals surface area contributed by atoms with Crippen LogP contribution in [0.4, 0.5) is 15.8 Å². The minimum absolute atomic E-state index is 0. The minimum Gasteiger partial charge on any atom is -0.325 e. The molecule has 0 heterocycles. The van der Waals surface area contributed by atoms with Gasteiger partial charge in [-0.15, -0.1) is 12.4 Å². The number of amides is 2. The second-order valence-electron chi connectivity index (χ2n) is 3.88. The number of anilines is 2. The van der Waals surface area contributed by atoms with Crippen LogP contribution in [0.5, 0.6) is 0 Å². The normalized spacial score (nSPS) is 11.2. The average Bonchev–Trinajstić information content (AvgIpc) is 2.31. The van der Waals surface area contributed by atoms with Crippen LogP contribution in [0.3, 0.4) is 0 Å². The van der Waals surface area contributed by atoms with E-state index in [0.717, 1.165) is 0 Å². The maximum atomic E-state index is 13.3. The Labute approximate surface area is 117 Å². The molecule has 0 spiro atoms. The molecule has 0 aliphatic carbocycles. The summed E-state index contributed by atoms with van der Waals surface area (Å²) in [6.07, 6.45) is 0.506. The van der Waals surface area contributed by atoms with E-state index in [1.165, 1.54) is 25.1 Å². The number of carbonyl (C=O) groups excluding carboxylic acids is 2. The van der Waals surface area contributed by atoms with Crippen LogP contribution in [0.2, 0.25) is 0 Å². The number of benzene rings is 1. The van der Waals surface area contributed by atoms with Crippen LogP contribution in [-0.4, -0.2) is 17.9 Å². The van der Waals surface area contributed by atoms with Gasteiger partial charge in [-0.25, -0.2) is 4.39 Å². The van der Waals surface area contributed by atoms with Gasteiger partial charge >= 0.3 is 0 Å².